The van der Waals surface area contributed by atoms with E-state index < -0.39 is 4.92 Å². The lowest BCUT2D eigenvalue weighted by molar-refractivity contribution is -0.385. The number of ether oxygens (including phenoxy) is 2. The molecule has 7 heteroatoms. The fourth-order valence-corrected chi connectivity index (χ4v) is 2.56. The van der Waals surface area contributed by atoms with Crippen LogP contribution in [0.3, 0.4) is 0 Å². The molecular weight excluding hydrogens is 326 g/mol. The second kappa shape index (κ2) is 9.76. The van der Waals surface area contributed by atoms with Crippen LogP contribution in [-0.2, 0) is 31.9 Å². The fourth-order valence-electron chi connectivity index (χ4n) is 2.56. The van der Waals surface area contributed by atoms with Crippen LogP contribution in [0, 0.1) is 10.1 Å². The van der Waals surface area contributed by atoms with E-state index in [1.807, 2.05) is 6.07 Å². The summed E-state index contributed by atoms with van der Waals surface area (Å²) in [7, 11) is 0. The van der Waals surface area contributed by atoms with Crippen LogP contribution >= 0.6 is 0 Å². The zero-order chi connectivity index (χ0) is 19.0. The van der Waals surface area contributed by atoms with Gasteiger partial charge in [0.1, 0.15) is 0 Å². The van der Waals surface area contributed by atoms with Crippen molar-refractivity contribution >= 4 is 17.6 Å². The predicted octanol–water partition coefficient (Wildman–Crippen LogP) is 3.36. The number of rotatable bonds is 9. The molecule has 1 rings (SSSR count). The van der Waals surface area contributed by atoms with E-state index >= 15 is 0 Å². The predicted molar refractivity (Wildman–Crippen MR) is 92.2 cm³/mol. The highest BCUT2D eigenvalue weighted by molar-refractivity contribution is 5.66. The third-order valence-electron chi connectivity index (χ3n) is 3.74. The van der Waals surface area contributed by atoms with Crippen LogP contribution < -0.4 is 0 Å². The first-order chi connectivity index (χ1) is 11.7. The van der Waals surface area contributed by atoms with Gasteiger partial charge in [-0.3, -0.25) is 19.7 Å². The van der Waals surface area contributed by atoms with Gasteiger partial charge >= 0.3 is 11.9 Å². The Hall–Kier alpha value is -2.44. The van der Waals surface area contributed by atoms with Crippen molar-refractivity contribution in [2.75, 3.05) is 0 Å². The van der Waals surface area contributed by atoms with Gasteiger partial charge in [-0.2, -0.15) is 0 Å². The molecule has 7 nitrogen and oxygen atoms in total. The third-order valence-corrected chi connectivity index (χ3v) is 3.74. The molecule has 0 amide bonds. The van der Waals surface area contributed by atoms with Gasteiger partial charge in [0.15, 0.2) is 0 Å². The van der Waals surface area contributed by atoms with E-state index in [1.165, 1.54) is 13.8 Å². The minimum atomic E-state index is -0.398. The molecule has 0 unspecified atom stereocenters. The van der Waals surface area contributed by atoms with Gasteiger partial charge in [-0.1, -0.05) is 12.1 Å². The molecule has 0 aliphatic heterocycles. The Morgan fingerprint density at radius 1 is 1.04 bits per heavy atom. The van der Waals surface area contributed by atoms with Crippen molar-refractivity contribution in [3.05, 3.63) is 39.4 Å². The standard InChI is InChI=1S/C18H25NO6/c1-12(24-14(3)20)5-7-16-8-10-17(18(11-16)19(22)23)9-6-13(2)25-15(4)21/h8,10-13H,5-7,9H2,1-4H3/t12-,13-/m1/s1. The Morgan fingerprint density at radius 3 is 2.04 bits per heavy atom. The Bertz CT molecular complexity index is 628. The first-order valence-corrected chi connectivity index (χ1v) is 8.29. The largest absolute Gasteiger partial charge is 0.463 e. The molecule has 0 aliphatic carbocycles. The van der Waals surface area contributed by atoms with Gasteiger partial charge in [0.2, 0.25) is 0 Å². The van der Waals surface area contributed by atoms with Crippen LogP contribution in [0.5, 0.6) is 0 Å². The molecule has 0 heterocycles. The average Bonchev–Trinajstić information content (AvgIpc) is 2.49. The van der Waals surface area contributed by atoms with Gasteiger partial charge in [0.25, 0.3) is 5.69 Å². The SMILES string of the molecule is CC(=O)O[C@H](C)CCc1ccc(CC[C@@H](C)OC(C)=O)c([N+](=O)[O-])c1. The minimum absolute atomic E-state index is 0.0627. The van der Waals surface area contributed by atoms with Crippen LogP contribution in [0.15, 0.2) is 18.2 Å². The van der Waals surface area contributed by atoms with E-state index in [1.54, 1.807) is 26.0 Å². The van der Waals surface area contributed by atoms with Crippen molar-refractivity contribution in [3.63, 3.8) is 0 Å². The lowest BCUT2D eigenvalue weighted by Gasteiger charge is -2.13. The van der Waals surface area contributed by atoms with E-state index in [0.717, 1.165) is 5.56 Å². The number of benzene rings is 1. The Kier molecular flexibility index (Phi) is 8.04. The number of hydrogen-bond acceptors (Lipinski definition) is 6. The highest BCUT2D eigenvalue weighted by Crippen LogP contribution is 2.24. The molecule has 0 bridgehead atoms. The summed E-state index contributed by atoms with van der Waals surface area (Å²) >= 11 is 0. The van der Waals surface area contributed by atoms with E-state index in [4.69, 9.17) is 9.47 Å². The van der Waals surface area contributed by atoms with Crippen molar-refractivity contribution in [1.29, 1.82) is 0 Å². The summed E-state index contributed by atoms with van der Waals surface area (Å²) in [4.78, 5) is 32.8. The molecule has 0 aliphatic rings. The van der Waals surface area contributed by atoms with Crippen LogP contribution in [-0.4, -0.2) is 29.1 Å². The van der Waals surface area contributed by atoms with Crippen LogP contribution in [0.2, 0.25) is 0 Å². The van der Waals surface area contributed by atoms with Crippen LogP contribution in [0.4, 0.5) is 5.69 Å². The second-order valence-corrected chi connectivity index (χ2v) is 6.14. The maximum Gasteiger partial charge on any atom is 0.302 e. The summed E-state index contributed by atoms with van der Waals surface area (Å²) in [5.74, 6) is -0.699. The van der Waals surface area contributed by atoms with Crippen molar-refractivity contribution in [1.82, 2.24) is 0 Å². The molecule has 0 fully saturated rings. The van der Waals surface area contributed by atoms with Gasteiger partial charge in [-0.25, -0.2) is 0 Å². The van der Waals surface area contributed by atoms with Crippen molar-refractivity contribution in [2.45, 2.75) is 65.6 Å². The van der Waals surface area contributed by atoms with E-state index in [-0.39, 0.29) is 29.8 Å². The van der Waals surface area contributed by atoms with Gasteiger partial charge < -0.3 is 9.47 Å². The van der Waals surface area contributed by atoms with Crippen molar-refractivity contribution in [3.8, 4) is 0 Å². The Balaban J connectivity index is 2.73. The molecule has 2 atom stereocenters. The highest BCUT2D eigenvalue weighted by atomic mass is 16.6. The molecule has 0 saturated heterocycles. The molecule has 1 aromatic carbocycles. The topological polar surface area (TPSA) is 95.7 Å². The number of carbonyl (C=O) groups is 2. The summed E-state index contributed by atoms with van der Waals surface area (Å²) in [6.45, 7) is 6.25. The highest BCUT2D eigenvalue weighted by Gasteiger charge is 2.17. The Morgan fingerprint density at radius 2 is 1.56 bits per heavy atom. The lowest BCUT2D eigenvalue weighted by atomic mass is 10.0. The summed E-state index contributed by atoms with van der Waals surface area (Å²) in [6, 6.07) is 5.15. The first-order valence-electron chi connectivity index (χ1n) is 8.29. The lowest BCUT2D eigenvalue weighted by Crippen LogP contribution is -2.14. The number of aryl methyl sites for hydroxylation is 2. The van der Waals surface area contributed by atoms with Gasteiger partial charge in [0, 0.05) is 25.5 Å². The number of nitro benzene ring substituents is 1. The second-order valence-electron chi connectivity index (χ2n) is 6.14. The average molecular weight is 351 g/mol. The molecular formula is C18H25NO6. The molecule has 0 radical (unpaired) electrons. The fraction of sp³-hybridized carbons (Fsp3) is 0.556. The summed E-state index contributed by atoms with van der Waals surface area (Å²) in [5, 5.41) is 11.3. The molecule has 0 aromatic heterocycles. The normalized spacial score (nSPS) is 13.0. The number of nitro groups is 1. The number of hydrogen-bond donors (Lipinski definition) is 0. The van der Waals surface area contributed by atoms with Crippen molar-refractivity contribution in [2.24, 2.45) is 0 Å². The molecule has 25 heavy (non-hydrogen) atoms. The maximum absolute atomic E-state index is 11.3. The Labute approximate surface area is 147 Å². The minimum Gasteiger partial charge on any atom is -0.463 e. The molecule has 0 saturated carbocycles. The summed E-state index contributed by atoms with van der Waals surface area (Å²) in [6.07, 6.45) is 1.62. The van der Waals surface area contributed by atoms with Gasteiger partial charge in [-0.05, 0) is 45.1 Å². The maximum atomic E-state index is 11.3. The molecule has 0 N–H and O–H groups in total. The monoisotopic (exact) mass is 351 g/mol. The zero-order valence-electron chi connectivity index (χ0n) is 15.1. The third kappa shape index (κ3) is 7.78. The van der Waals surface area contributed by atoms with E-state index in [9.17, 15) is 19.7 Å². The van der Waals surface area contributed by atoms with Crippen LogP contribution in [0.25, 0.3) is 0 Å². The van der Waals surface area contributed by atoms with Gasteiger partial charge in [-0.15, -0.1) is 0 Å². The quantitative estimate of drug-likeness (QED) is 0.384. The molecule has 0 spiro atoms. The number of nitrogens with zero attached hydrogens (tertiary/aromatic N) is 1. The van der Waals surface area contributed by atoms with E-state index in [0.29, 0.717) is 31.2 Å². The smallest absolute Gasteiger partial charge is 0.302 e. The number of carbonyl (C=O) groups excluding carboxylic acids is 2. The van der Waals surface area contributed by atoms with E-state index in [2.05, 4.69) is 0 Å². The zero-order valence-corrected chi connectivity index (χ0v) is 15.1. The molecule has 1 aromatic rings. The van der Waals surface area contributed by atoms with Crippen molar-refractivity contribution < 1.29 is 24.0 Å². The van der Waals surface area contributed by atoms with Crippen LogP contribution in [0.1, 0.15) is 51.7 Å². The summed E-state index contributed by atoms with van der Waals surface area (Å²) < 4.78 is 10.1. The first kappa shape index (κ1) is 20.6. The molecule has 138 valence electrons. The van der Waals surface area contributed by atoms with Gasteiger partial charge in [0.05, 0.1) is 17.1 Å². The summed E-state index contributed by atoms with van der Waals surface area (Å²) in [5.41, 5.74) is 1.50. The number of esters is 2.